The van der Waals surface area contributed by atoms with Gasteiger partial charge in [-0.1, -0.05) is 54.6 Å². The van der Waals surface area contributed by atoms with Gasteiger partial charge >= 0.3 is 5.97 Å². The second kappa shape index (κ2) is 8.71. The number of benzene rings is 3. The summed E-state index contributed by atoms with van der Waals surface area (Å²) in [5, 5.41) is 0. The number of allylic oxidation sites excluding steroid dienone is 1. The van der Waals surface area contributed by atoms with Crippen LogP contribution in [0.5, 0.6) is 11.5 Å². The number of fused-ring (bicyclic) bond motifs is 1. The van der Waals surface area contributed by atoms with E-state index in [1.807, 2.05) is 42.5 Å². The first-order valence-electron chi connectivity index (χ1n) is 10.4. The number of hydrogen-bond donors (Lipinski definition) is 0. The van der Waals surface area contributed by atoms with Gasteiger partial charge in [0.25, 0.3) is 0 Å². The molecule has 0 N–H and O–H groups in total. The van der Waals surface area contributed by atoms with E-state index in [1.165, 1.54) is 0 Å². The Morgan fingerprint density at radius 1 is 0.938 bits per heavy atom. The number of ketones is 1. The van der Waals surface area contributed by atoms with Crippen molar-refractivity contribution in [2.75, 3.05) is 6.61 Å². The predicted molar refractivity (Wildman–Crippen MR) is 123 cm³/mol. The second-order valence-electron chi connectivity index (χ2n) is 8.46. The Balaban J connectivity index is 1.45. The van der Waals surface area contributed by atoms with Crippen molar-refractivity contribution in [3.05, 3.63) is 89.7 Å². The molecule has 0 amide bonds. The Morgan fingerprint density at radius 3 is 2.31 bits per heavy atom. The van der Waals surface area contributed by atoms with Gasteiger partial charge in [-0.25, -0.2) is 4.79 Å². The van der Waals surface area contributed by atoms with Crippen LogP contribution >= 0.6 is 0 Å². The van der Waals surface area contributed by atoms with Crippen molar-refractivity contribution >= 4 is 17.8 Å². The summed E-state index contributed by atoms with van der Waals surface area (Å²) in [5.41, 5.74) is 2.98. The largest absolute Gasteiger partial charge is 0.482 e. The van der Waals surface area contributed by atoms with Crippen molar-refractivity contribution in [1.29, 1.82) is 0 Å². The monoisotopic (exact) mass is 428 g/mol. The van der Waals surface area contributed by atoms with Crippen LogP contribution in [0.2, 0.25) is 0 Å². The predicted octanol–water partition coefficient (Wildman–Crippen LogP) is 5.69. The van der Waals surface area contributed by atoms with Gasteiger partial charge in [-0.2, -0.15) is 0 Å². The first-order valence-corrected chi connectivity index (χ1v) is 10.4. The normalized spacial score (nSPS) is 14.1. The van der Waals surface area contributed by atoms with Crippen LogP contribution in [0.1, 0.15) is 36.7 Å². The van der Waals surface area contributed by atoms with Crippen molar-refractivity contribution in [3.63, 3.8) is 0 Å². The van der Waals surface area contributed by atoms with Gasteiger partial charge in [0.15, 0.2) is 12.4 Å². The minimum Gasteiger partial charge on any atom is -0.482 e. The van der Waals surface area contributed by atoms with E-state index in [1.54, 1.807) is 45.0 Å². The molecule has 0 aromatic heterocycles. The van der Waals surface area contributed by atoms with Crippen LogP contribution in [-0.4, -0.2) is 24.0 Å². The van der Waals surface area contributed by atoms with Gasteiger partial charge in [0, 0.05) is 6.07 Å². The topological polar surface area (TPSA) is 61.8 Å². The Hall–Kier alpha value is -3.86. The van der Waals surface area contributed by atoms with Gasteiger partial charge in [0.05, 0.1) is 5.56 Å². The number of carbonyl (C=O) groups excluding carboxylic acids is 2. The van der Waals surface area contributed by atoms with Crippen LogP contribution in [0.25, 0.3) is 17.2 Å². The molecular formula is C27H24O5. The number of ether oxygens (including phenoxy) is 3. The number of esters is 1. The Kier molecular flexibility index (Phi) is 5.82. The zero-order valence-electron chi connectivity index (χ0n) is 18.3. The molecule has 5 heteroatoms. The first kappa shape index (κ1) is 21.4. The third-order valence-corrected chi connectivity index (χ3v) is 4.73. The first-order chi connectivity index (χ1) is 15.3. The van der Waals surface area contributed by atoms with E-state index in [9.17, 15) is 9.59 Å². The molecular weight excluding hydrogens is 404 g/mol. The SMILES string of the molecule is CC(C)(C)OC(=O)COc1ccc2c(c1)OC(=Cc1ccc(-c3ccccc3)cc1)C2=O. The fourth-order valence-electron chi connectivity index (χ4n) is 3.32. The van der Waals surface area contributed by atoms with Crippen LogP contribution < -0.4 is 9.47 Å². The van der Waals surface area contributed by atoms with E-state index in [4.69, 9.17) is 14.2 Å². The van der Waals surface area contributed by atoms with E-state index in [-0.39, 0.29) is 18.1 Å². The van der Waals surface area contributed by atoms with Crippen LogP contribution in [-0.2, 0) is 9.53 Å². The number of Topliss-reactive ketones (excluding diaryl/α,β-unsaturated/α-hetero) is 1. The maximum Gasteiger partial charge on any atom is 0.344 e. The summed E-state index contributed by atoms with van der Waals surface area (Å²) in [5.74, 6) is 0.428. The molecule has 0 aliphatic carbocycles. The lowest BCUT2D eigenvalue weighted by atomic mass is 10.0. The molecule has 4 rings (SSSR count). The molecule has 0 radical (unpaired) electrons. The minimum atomic E-state index is -0.576. The lowest BCUT2D eigenvalue weighted by Crippen LogP contribution is -2.27. The third-order valence-electron chi connectivity index (χ3n) is 4.73. The molecule has 162 valence electrons. The van der Waals surface area contributed by atoms with Gasteiger partial charge in [0.2, 0.25) is 5.78 Å². The van der Waals surface area contributed by atoms with Gasteiger partial charge in [-0.15, -0.1) is 0 Å². The molecule has 0 saturated heterocycles. The average molecular weight is 428 g/mol. The van der Waals surface area contributed by atoms with Crippen molar-refractivity contribution in [2.45, 2.75) is 26.4 Å². The quantitative estimate of drug-likeness (QED) is 0.386. The highest BCUT2D eigenvalue weighted by Crippen LogP contribution is 2.35. The lowest BCUT2D eigenvalue weighted by Gasteiger charge is -2.19. The molecule has 1 aliphatic rings. The molecule has 32 heavy (non-hydrogen) atoms. The second-order valence-corrected chi connectivity index (χ2v) is 8.46. The van der Waals surface area contributed by atoms with Gasteiger partial charge in [-0.3, -0.25) is 4.79 Å². The van der Waals surface area contributed by atoms with Gasteiger partial charge in [-0.05, 0) is 55.7 Å². The summed E-state index contributed by atoms with van der Waals surface area (Å²) in [7, 11) is 0. The highest BCUT2D eigenvalue weighted by atomic mass is 16.6. The zero-order valence-corrected chi connectivity index (χ0v) is 18.3. The van der Waals surface area contributed by atoms with E-state index < -0.39 is 11.6 Å². The van der Waals surface area contributed by atoms with Gasteiger partial charge in [0.1, 0.15) is 17.1 Å². The summed E-state index contributed by atoms with van der Waals surface area (Å²) in [6, 6.07) is 22.9. The molecule has 1 heterocycles. The molecule has 3 aromatic rings. The van der Waals surface area contributed by atoms with Crippen molar-refractivity contribution in [3.8, 4) is 22.6 Å². The Labute approximate surface area is 187 Å². The van der Waals surface area contributed by atoms with Crippen molar-refractivity contribution < 1.29 is 23.8 Å². The molecule has 5 nitrogen and oxygen atoms in total. The average Bonchev–Trinajstić information content (AvgIpc) is 3.07. The van der Waals surface area contributed by atoms with Crippen molar-refractivity contribution in [2.24, 2.45) is 0 Å². The highest BCUT2D eigenvalue weighted by Gasteiger charge is 2.28. The summed E-state index contributed by atoms with van der Waals surface area (Å²) in [6.07, 6.45) is 1.72. The number of hydrogen-bond acceptors (Lipinski definition) is 5. The van der Waals surface area contributed by atoms with E-state index in [0.29, 0.717) is 17.1 Å². The van der Waals surface area contributed by atoms with Crippen LogP contribution in [0.15, 0.2) is 78.6 Å². The van der Waals surface area contributed by atoms with Crippen LogP contribution in [0.3, 0.4) is 0 Å². The molecule has 0 atom stereocenters. The third kappa shape index (κ3) is 5.06. The molecule has 0 fully saturated rings. The summed E-state index contributed by atoms with van der Waals surface area (Å²) in [4.78, 5) is 24.6. The summed E-state index contributed by atoms with van der Waals surface area (Å²) in [6.45, 7) is 5.16. The fourth-order valence-corrected chi connectivity index (χ4v) is 3.32. The van der Waals surface area contributed by atoms with Crippen LogP contribution in [0.4, 0.5) is 0 Å². The maximum absolute atomic E-state index is 12.7. The maximum atomic E-state index is 12.7. The molecule has 3 aromatic carbocycles. The fraction of sp³-hybridized carbons (Fsp3) is 0.185. The molecule has 0 bridgehead atoms. The highest BCUT2D eigenvalue weighted by molar-refractivity contribution is 6.14. The number of rotatable bonds is 5. The Morgan fingerprint density at radius 2 is 1.62 bits per heavy atom. The summed E-state index contributed by atoms with van der Waals surface area (Å²) < 4.78 is 16.5. The van der Waals surface area contributed by atoms with E-state index in [2.05, 4.69) is 12.1 Å². The smallest absolute Gasteiger partial charge is 0.344 e. The molecule has 1 aliphatic heterocycles. The molecule has 0 saturated carbocycles. The van der Waals surface area contributed by atoms with E-state index >= 15 is 0 Å². The van der Waals surface area contributed by atoms with Gasteiger partial charge < -0.3 is 14.2 Å². The number of carbonyl (C=O) groups is 2. The van der Waals surface area contributed by atoms with E-state index in [0.717, 1.165) is 16.7 Å². The molecule has 0 spiro atoms. The zero-order chi connectivity index (χ0) is 22.7. The standard InChI is InChI=1S/C27H24O5/c1-27(2,3)32-25(28)17-30-21-13-14-22-23(16-21)31-24(26(22)29)15-18-9-11-20(12-10-18)19-7-5-4-6-8-19/h4-16H,17H2,1-3H3. The molecule has 0 unspecified atom stereocenters. The van der Waals surface area contributed by atoms with Crippen LogP contribution in [0, 0.1) is 0 Å². The summed E-state index contributed by atoms with van der Waals surface area (Å²) >= 11 is 0. The van der Waals surface area contributed by atoms with Crippen molar-refractivity contribution in [1.82, 2.24) is 0 Å². The Bertz CT molecular complexity index is 1170. The lowest BCUT2D eigenvalue weighted by molar-refractivity contribution is -0.157. The minimum absolute atomic E-state index is 0.189.